The Bertz CT molecular complexity index is 606. The zero-order valence-corrected chi connectivity index (χ0v) is 8.89. The summed E-state index contributed by atoms with van der Waals surface area (Å²) in [5, 5.41) is 0. The molecule has 2 aromatic heterocycles. The fourth-order valence-corrected chi connectivity index (χ4v) is 1.69. The molecule has 84 valence electrons. The minimum absolute atomic E-state index is 0.243. The van der Waals surface area contributed by atoms with Gasteiger partial charge in [0.2, 0.25) is 0 Å². The maximum atomic E-state index is 12.8. The molecular formula is C14H9FO2. The average molecular weight is 228 g/mol. The summed E-state index contributed by atoms with van der Waals surface area (Å²) in [7, 11) is 0. The number of furan rings is 2. The Labute approximate surface area is 97.3 Å². The number of halogens is 1. The molecule has 0 fully saturated rings. The summed E-state index contributed by atoms with van der Waals surface area (Å²) in [5.41, 5.74) is 2.73. The summed E-state index contributed by atoms with van der Waals surface area (Å²) in [6.45, 7) is 0. The van der Waals surface area contributed by atoms with Gasteiger partial charge in [-0.2, -0.15) is 0 Å². The highest BCUT2D eigenvalue weighted by molar-refractivity contribution is 5.69. The largest absolute Gasteiger partial charge is 0.472 e. The van der Waals surface area contributed by atoms with Gasteiger partial charge >= 0.3 is 0 Å². The fraction of sp³-hybridized carbons (Fsp3) is 0. The smallest absolute Gasteiger partial charge is 0.137 e. The summed E-state index contributed by atoms with van der Waals surface area (Å²) >= 11 is 0. The van der Waals surface area contributed by atoms with Gasteiger partial charge < -0.3 is 8.83 Å². The van der Waals surface area contributed by atoms with E-state index in [-0.39, 0.29) is 5.82 Å². The highest BCUT2D eigenvalue weighted by atomic mass is 19.1. The normalized spacial score (nSPS) is 10.6. The van der Waals surface area contributed by atoms with Crippen molar-refractivity contribution in [2.75, 3.05) is 0 Å². The highest BCUT2D eigenvalue weighted by Gasteiger charge is 2.07. The van der Waals surface area contributed by atoms with Crippen LogP contribution in [0.15, 0.2) is 64.0 Å². The molecule has 0 atom stereocenters. The highest BCUT2D eigenvalue weighted by Crippen LogP contribution is 2.28. The minimum Gasteiger partial charge on any atom is -0.472 e. The van der Waals surface area contributed by atoms with Crippen LogP contribution >= 0.6 is 0 Å². The van der Waals surface area contributed by atoms with Crippen LogP contribution in [0.4, 0.5) is 4.39 Å². The molecule has 3 aromatic rings. The van der Waals surface area contributed by atoms with Gasteiger partial charge in [0.15, 0.2) is 0 Å². The Kier molecular flexibility index (Phi) is 2.29. The standard InChI is InChI=1S/C14H9FO2/c15-13-3-1-10(2-4-13)12-7-14(17-9-12)11-5-6-16-8-11/h1-9H. The molecule has 0 bridgehead atoms. The molecule has 0 aliphatic heterocycles. The second-order valence-corrected chi connectivity index (χ2v) is 3.72. The summed E-state index contributed by atoms with van der Waals surface area (Å²) in [5.74, 6) is 0.491. The first-order chi connectivity index (χ1) is 8.33. The molecule has 2 heterocycles. The Hall–Kier alpha value is -2.29. The summed E-state index contributed by atoms with van der Waals surface area (Å²) in [6, 6.07) is 10.0. The lowest BCUT2D eigenvalue weighted by molar-refractivity contribution is 0.560. The van der Waals surface area contributed by atoms with E-state index < -0.39 is 0 Å². The van der Waals surface area contributed by atoms with Crippen LogP contribution in [0.1, 0.15) is 0 Å². The maximum Gasteiger partial charge on any atom is 0.137 e. The van der Waals surface area contributed by atoms with Crippen LogP contribution in [0.2, 0.25) is 0 Å². The van der Waals surface area contributed by atoms with E-state index in [2.05, 4.69) is 0 Å². The van der Waals surface area contributed by atoms with E-state index in [4.69, 9.17) is 8.83 Å². The molecule has 3 heteroatoms. The van der Waals surface area contributed by atoms with Gasteiger partial charge in [-0.05, 0) is 29.8 Å². The molecule has 2 nitrogen and oxygen atoms in total. The summed E-state index contributed by atoms with van der Waals surface area (Å²) in [4.78, 5) is 0. The minimum atomic E-state index is -0.243. The van der Waals surface area contributed by atoms with Crippen molar-refractivity contribution in [3.63, 3.8) is 0 Å². The molecule has 1 aromatic carbocycles. The van der Waals surface area contributed by atoms with E-state index in [0.717, 1.165) is 22.5 Å². The predicted octanol–water partition coefficient (Wildman–Crippen LogP) is 4.35. The van der Waals surface area contributed by atoms with Crippen LogP contribution in [0.5, 0.6) is 0 Å². The van der Waals surface area contributed by atoms with Crippen LogP contribution < -0.4 is 0 Å². The molecular weight excluding hydrogens is 219 g/mol. The second kappa shape index (κ2) is 3.94. The number of hydrogen-bond donors (Lipinski definition) is 0. The lowest BCUT2D eigenvalue weighted by atomic mass is 10.1. The van der Waals surface area contributed by atoms with E-state index in [0.29, 0.717) is 0 Å². The molecule has 0 aliphatic carbocycles. The van der Waals surface area contributed by atoms with Gasteiger partial charge in [0.05, 0.1) is 18.1 Å². The number of rotatable bonds is 2. The molecule has 0 aliphatic rings. The zero-order chi connectivity index (χ0) is 11.7. The predicted molar refractivity (Wildman–Crippen MR) is 61.8 cm³/mol. The van der Waals surface area contributed by atoms with E-state index in [1.807, 2.05) is 12.1 Å². The molecule has 17 heavy (non-hydrogen) atoms. The van der Waals surface area contributed by atoms with Crippen LogP contribution in [0.3, 0.4) is 0 Å². The molecule has 0 saturated carbocycles. The van der Waals surface area contributed by atoms with Gasteiger partial charge in [-0.25, -0.2) is 4.39 Å². The third-order valence-electron chi connectivity index (χ3n) is 2.58. The van der Waals surface area contributed by atoms with Crippen LogP contribution in [0.25, 0.3) is 22.5 Å². The van der Waals surface area contributed by atoms with Gasteiger partial charge in [-0.15, -0.1) is 0 Å². The summed E-state index contributed by atoms with van der Waals surface area (Å²) in [6.07, 6.45) is 4.86. The third-order valence-corrected chi connectivity index (χ3v) is 2.58. The Morgan fingerprint density at radius 1 is 0.824 bits per heavy atom. The van der Waals surface area contributed by atoms with Crippen molar-refractivity contribution in [1.29, 1.82) is 0 Å². The molecule has 0 N–H and O–H groups in total. The molecule has 0 radical (unpaired) electrons. The first kappa shape index (κ1) is 9.90. The van der Waals surface area contributed by atoms with Crippen LogP contribution in [-0.2, 0) is 0 Å². The molecule has 0 amide bonds. The second-order valence-electron chi connectivity index (χ2n) is 3.72. The monoisotopic (exact) mass is 228 g/mol. The van der Waals surface area contributed by atoms with Crippen molar-refractivity contribution in [3.8, 4) is 22.5 Å². The molecule has 0 saturated heterocycles. The molecule has 0 unspecified atom stereocenters. The first-order valence-electron chi connectivity index (χ1n) is 5.20. The number of hydrogen-bond acceptors (Lipinski definition) is 2. The SMILES string of the molecule is Fc1ccc(-c2coc(-c3ccoc3)c2)cc1. The van der Waals surface area contributed by atoms with Crippen molar-refractivity contribution in [2.45, 2.75) is 0 Å². The average Bonchev–Trinajstić information content (AvgIpc) is 3.00. The van der Waals surface area contributed by atoms with Crippen molar-refractivity contribution in [1.82, 2.24) is 0 Å². The van der Waals surface area contributed by atoms with E-state index in [1.165, 1.54) is 12.1 Å². The van der Waals surface area contributed by atoms with E-state index >= 15 is 0 Å². The quantitative estimate of drug-likeness (QED) is 0.651. The Balaban J connectivity index is 1.98. The lowest BCUT2D eigenvalue weighted by Gasteiger charge is -1.94. The van der Waals surface area contributed by atoms with Crippen molar-refractivity contribution >= 4 is 0 Å². The molecule has 3 rings (SSSR count). The van der Waals surface area contributed by atoms with E-state index in [9.17, 15) is 4.39 Å². The first-order valence-corrected chi connectivity index (χ1v) is 5.20. The van der Waals surface area contributed by atoms with Gasteiger partial charge in [-0.3, -0.25) is 0 Å². The van der Waals surface area contributed by atoms with Gasteiger partial charge in [0.25, 0.3) is 0 Å². The fourth-order valence-electron chi connectivity index (χ4n) is 1.69. The maximum absolute atomic E-state index is 12.8. The van der Waals surface area contributed by atoms with Gasteiger partial charge in [-0.1, -0.05) is 12.1 Å². The van der Waals surface area contributed by atoms with Crippen LogP contribution in [-0.4, -0.2) is 0 Å². The third kappa shape index (κ3) is 1.87. The Morgan fingerprint density at radius 2 is 1.65 bits per heavy atom. The lowest BCUT2D eigenvalue weighted by Crippen LogP contribution is -1.75. The summed E-state index contributed by atoms with van der Waals surface area (Å²) < 4.78 is 23.2. The van der Waals surface area contributed by atoms with Gasteiger partial charge in [0, 0.05) is 5.56 Å². The topological polar surface area (TPSA) is 26.3 Å². The van der Waals surface area contributed by atoms with E-state index in [1.54, 1.807) is 30.9 Å². The van der Waals surface area contributed by atoms with Crippen molar-refractivity contribution < 1.29 is 13.2 Å². The number of benzene rings is 1. The zero-order valence-electron chi connectivity index (χ0n) is 8.89. The van der Waals surface area contributed by atoms with Gasteiger partial charge in [0.1, 0.15) is 17.8 Å². The van der Waals surface area contributed by atoms with Crippen molar-refractivity contribution in [3.05, 3.63) is 61.0 Å². The van der Waals surface area contributed by atoms with Crippen LogP contribution in [0, 0.1) is 5.82 Å². The molecule has 0 spiro atoms. The Morgan fingerprint density at radius 3 is 2.35 bits per heavy atom. The van der Waals surface area contributed by atoms with Crippen molar-refractivity contribution in [2.24, 2.45) is 0 Å².